The zero-order valence-electron chi connectivity index (χ0n) is 18.2. The lowest BCUT2D eigenvalue weighted by molar-refractivity contribution is -0.137. The largest absolute Gasteiger partial charge is 0.465 e. The van der Waals surface area contributed by atoms with E-state index in [1.807, 2.05) is 0 Å². The molecule has 0 unspecified atom stereocenters. The molecule has 12 heteroatoms. The number of halogens is 3. The molecule has 1 aromatic heterocycles. The van der Waals surface area contributed by atoms with Crippen LogP contribution in [0.3, 0.4) is 0 Å². The molecule has 2 amide bonds. The van der Waals surface area contributed by atoms with Crippen molar-refractivity contribution >= 4 is 39.8 Å². The molecule has 0 fully saturated rings. The van der Waals surface area contributed by atoms with Gasteiger partial charge in [-0.1, -0.05) is 6.07 Å². The predicted octanol–water partition coefficient (Wildman–Crippen LogP) is 5.10. The van der Waals surface area contributed by atoms with Gasteiger partial charge >= 0.3 is 12.1 Å². The predicted molar refractivity (Wildman–Crippen MR) is 120 cm³/mol. The minimum Gasteiger partial charge on any atom is -0.465 e. The number of thiophene rings is 1. The number of alkyl halides is 3. The minimum absolute atomic E-state index is 0.0174. The molecule has 0 radical (unpaired) electrons. The molecule has 0 spiro atoms. The summed E-state index contributed by atoms with van der Waals surface area (Å²) >= 11 is 0.792. The summed E-state index contributed by atoms with van der Waals surface area (Å²) in [6, 6.07) is 8.68. The van der Waals surface area contributed by atoms with Crippen molar-refractivity contribution in [2.45, 2.75) is 13.1 Å². The van der Waals surface area contributed by atoms with E-state index in [2.05, 4.69) is 10.6 Å². The van der Waals surface area contributed by atoms with Crippen LogP contribution in [0.25, 0.3) is 0 Å². The Balaban J connectivity index is 1.62. The standard InChI is InChI=1S/C23H17F3N2O6S/c1-11-17(22(31)32-2)21(28-19(29)12-6-7-15-16(8-12)34-10-33-15)35-18(11)20(30)27-14-5-3-4-13(9-14)23(24,25)26/h3-9H,10H2,1-2H3,(H,27,30)(H,28,29). The van der Waals surface area contributed by atoms with Gasteiger partial charge in [-0.25, -0.2) is 4.79 Å². The first-order chi connectivity index (χ1) is 16.6. The third kappa shape index (κ3) is 4.92. The average molecular weight is 506 g/mol. The quantitative estimate of drug-likeness (QED) is 0.467. The lowest BCUT2D eigenvalue weighted by Crippen LogP contribution is -2.14. The number of anilines is 2. The number of hydrogen-bond acceptors (Lipinski definition) is 7. The summed E-state index contributed by atoms with van der Waals surface area (Å²) in [7, 11) is 1.14. The van der Waals surface area contributed by atoms with Crippen LogP contribution in [-0.4, -0.2) is 31.7 Å². The highest BCUT2D eigenvalue weighted by atomic mass is 32.1. The Hall–Kier alpha value is -4.06. The third-order valence-corrected chi connectivity index (χ3v) is 6.26. The molecule has 2 aromatic carbocycles. The molecule has 2 heterocycles. The van der Waals surface area contributed by atoms with Crippen LogP contribution in [-0.2, 0) is 10.9 Å². The summed E-state index contributed by atoms with van der Waals surface area (Å²) in [6.45, 7) is 1.50. The van der Waals surface area contributed by atoms with Gasteiger partial charge in [0, 0.05) is 11.3 Å². The molecule has 0 aliphatic carbocycles. The summed E-state index contributed by atoms with van der Waals surface area (Å²) in [5.74, 6) is -1.26. The monoisotopic (exact) mass is 506 g/mol. The first-order valence-corrected chi connectivity index (χ1v) is 10.8. The van der Waals surface area contributed by atoms with Gasteiger partial charge in [0.25, 0.3) is 11.8 Å². The van der Waals surface area contributed by atoms with Crippen LogP contribution in [0.5, 0.6) is 11.5 Å². The lowest BCUT2D eigenvalue weighted by Gasteiger charge is -2.09. The second kappa shape index (κ2) is 9.29. The first kappa shape index (κ1) is 24.1. The Bertz CT molecular complexity index is 1340. The number of esters is 1. The van der Waals surface area contributed by atoms with Gasteiger partial charge in [-0.2, -0.15) is 13.2 Å². The minimum atomic E-state index is -4.58. The van der Waals surface area contributed by atoms with E-state index in [4.69, 9.17) is 14.2 Å². The number of fused-ring (bicyclic) bond motifs is 1. The fraction of sp³-hybridized carbons (Fsp3) is 0.174. The Morgan fingerprint density at radius 3 is 2.46 bits per heavy atom. The highest BCUT2D eigenvalue weighted by Crippen LogP contribution is 2.37. The highest BCUT2D eigenvalue weighted by Gasteiger charge is 2.31. The van der Waals surface area contributed by atoms with Crippen LogP contribution < -0.4 is 20.1 Å². The number of benzene rings is 2. The van der Waals surface area contributed by atoms with Crippen LogP contribution >= 0.6 is 11.3 Å². The van der Waals surface area contributed by atoms with Crippen molar-refractivity contribution in [1.29, 1.82) is 0 Å². The van der Waals surface area contributed by atoms with Gasteiger partial charge in [-0.05, 0) is 48.9 Å². The Morgan fingerprint density at radius 1 is 1.00 bits per heavy atom. The van der Waals surface area contributed by atoms with Crippen LogP contribution in [0.2, 0.25) is 0 Å². The maximum absolute atomic E-state index is 13.0. The van der Waals surface area contributed by atoms with Gasteiger partial charge in [0.2, 0.25) is 6.79 Å². The molecule has 0 atom stereocenters. The smallest absolute Gasteiger partial charge is 0.416 e. The normalized spacial score (nSPS) is 12.3. The summed E-state index contributed by atoms with van der Waals surface area (Å²) in [5.41, 5.74) is -0.632. The summed E-state index contributed by atoms with van der Waals surface area (Å²) in [6.07, 6.45) is -4.58. The molecule has 0 saturated heterocycles. The molecule has 182 valence electrons. The second-order valence-electron chi connectivity index (χ2n) is 7.31. The van der Waals surface area contributed by atoms with Crippen molar-refractivity contribution in [1.82, 2.24) is 0 Å². The Kier molecular flexibility index (Phi) is 6.39. The van der Waals surface area contributed by atoms with Crippen molar-refractivity contribution < 1.29 is 41.8 Å². The number of methoxy groups -OCH3 is 1. The molecule has 0 bridgehead atoms. The Morgan fingerprint density at radius 2 is 1.74 bits per heavy atom. The highest BCUT2D eigenvalue weighted by molar-refractivity contribution is 7.19. The molecular weight excluding hydrogens is 489 g/mol. The fourth-order valence-electron chi connectivity index (χ4n) is 3.34. The van der Waals surface area contributed by atoms with Gasteiger partial charge in [0.05, 0.1) is 23.1 Å². The molecular formula is C23H17F3N2O6S. The molecule has 3 aromatic rings. The van der Waals surface area contributed by atoms with Crippen molar-refractivity contribution in [2.75, 3.05) is 24.5 Å². The van der Waals surface area contributed by atoms with Gasteiger partial charge in [0.15, 0.2) is 11.5 Å². The molecule has 8 nitrogen and oxygen atoms in total. The third-order valence-electron chi connectivity index (χ3n) is 5.05. The van der Waals surface area contributed by atoms with Gasteiger partial charge in [0.1, 0.15) is 5.00 Å². The van der Waals surface area contributed by atoms with E-state index >= 15 is 0 Å². The summed E-state index contributed by atoms with van der Waals surface area (Å²) in [5, 5.41) is 5.04. The zero-order valence-corrected chi connectivity index (χ0v) is 19.1. The maximum Gasteiger partial charge on any atom is 0.416 e. The van der Waals surface area contributed by atoms with E-state index in [1.165, 1.54) is 25.1 Å². The van der Waals surface area contributed by atoms with E-state index in [1.54, 1.807) is 6.07 Å². The first-order valence-electron chi connectivity index (χ1n) is 9.99. The number of nitrogens with one attached hydrogen (secondary N) is 2. The van der Waals surface area contributed by atoms with Gasteiger partial charge < -0.3 is 24.8 Å². The maximum atomic E-state index is 13.0. The van der Waals surface area contributed by atoms with Crippen LogP contribution in [0.1, 0.15) is 41.5 Å². The number of hydrogen-bond donors (Lipinski definition) is 2. The SMILES string of the molecule is COC(=O)c1c(NC(=O)c2ccc3c(c2)OCO3)sc(C(=O)Nc2cccc(C(F)(F)F)c2)c1C. The van der Waals surface area contributed by atoms with Gasteiger partial charge in [-0.15, -0.1) is 11.3 Å². The van der Waals surface area contributed by atoms with E-state index in [9.17, 15) is 27.6 Å². The zero-order chi connectivity index (χ0) is 25.3. The Labute approximate surface area is 200 Å². The molecule has 2 N–H and O–H groups in total. The van der Waals surface area contributed by atoms with Crippen molar-refractivity contribution in [3.63, 3.8) is 0 Å². The van der Waals surface area contributed by atoms with Crippen LogP contribution in [0, 0.1) is 6.92 Å². The van der Waals surface area contributed by atoms with Crippen LogP contribution in [0.15, 0.2) is 42.5 Å². The average Bonchev–Trinajstić information content (AvgIpc) is 3.41. The number of ether oxygens (including phenoxy) is 3. The van der Waals surface area contributed by atoms with Gasteiger partial charge in [-0.3, -0.25) is 9.59 Å². The summed E-state index contributed by atoms with van der Waals surface area (Å²) in [4.78, 5) is 38.1. The molecule has 4 rings (SSSR count). The van der Waals surface area contributed by atoms with Crippen molar-refractivity contribution in [2.24, 2.45) is 0 Å². The second-order valence-corrected chi connectivity index (χ2v) is 8.33. The molecule has 1 aliphatic heterocycles. The van der Waals surface area contributed by atoms with Crippen molar-refractivity contribution in [3.05, 3.63) is 69.6 Å². The van der Waals surface area contributed by atoms with E-state index in [0.717, 1.165) is 36.6 Å². The molecule has 1 aliphatic rings. The number of carbonyl (C=O) groups is 3. The lowest BCUT2D eigenvalue weighted by atomic mass is 10.1. The van der Waals surface area contributed by atoms with E-state index in [0.29, 0.717) is 11.5 Å². The van der Waals surface area contributed by atoms with Crippen molar-refractivity contribution in [3.8, 4) is 11.5 Å². The number of rotatable bonds is 5. The van der Waals surface area contributed by atoms with E-state index < -0.39 is 29.5 Å². The van der Waals surface area contributed by atoms with E-state index in [-0.39, 0.29) is 39.0 Å². The fourth-order valence-corrected chi connectivity index (χ4v) is 4.43. The number of carbonyl (C=O) groups excluding carboxylic acids is 3. The topological polar surface area (TPSA) is 103 Å². The molecule has 0 saturated carbocycles. The van der Waals surface area contributed by atoms with Crippen LogP contribution in [0.4, 0.5) is 23.9 Å². The molecule has 35 heavy (non-hydrogen) atoms. The number of amides is 2. The summed E-state index contributed by atoms with van der Waals surface area (Å²) < 4.78 is 54.3.